The molecule has 1 rings (SSSR count). The van der Waals surface area contributed by atoms with Crippen molar-refractivity contribution in [2.45, 2.75) is 6.42 Å². The molecule has 0 fully saturated rings. The molecule has 0 bridgehead atoms. The van der Waals surface area contributed by atoms with Crippen LogP contribution in [-0.4, -0.2) is 65.5 Å². The molecule has 0 unspecified atom stereocenters. The number of nitriles is 1. The van der Waals surface area contributed by atoms with Crippen LogP contribution in [0.25, 0.3) is 0 Å². The minimum atomic E-state index is -0.877. The van der Waals surface area contributed by atoms with Gasteiger partial charge in [0.15, 0.2) is 25.1 Å². The van der Waals surface area contributed by atoms with E-state index in [-0.39, 0.29) is 37.1 Å². The molecular weight excluding hydrogens is 362 g/mol. The predicted octanol–water partition coefficient (Wildman–Crippen LogP) is 1.12. The maximum absolute atomic E-state index is 11.3. The molecule has 0 aliphatic heterocycles. The summed E-state index contributed by atoms with van der Waals surface area (Å²) in [6, 6.07) is 4.89. The van der Waals surface area contributed by atoms with Gasteiger partial charge in [-0.1, -0.05) is 0 Å². The highest BCUT2D eigenvalue weighted by Gasteiger charge is 2.16. The van der Waals surface area contributed by atoms with Gasteiger partial charge < -0.3 is 33.3 Å². The van der Waals surface area contributed by atoms with E-state index in [9.17, 15) is 10.1 Å². The van der Waals surface area contributed by atoms with Crippen LogP contribution in [0, 0.1) is 11.3 Å². The highest BCUT2D eigenvalue weighted by molar-refractivity contribution is 5.73. The molecule has 1 N–H and O–H groups in total. The van der Waals surface area contributed by atoms with Crippen molar-refractivity contribution in [3.63, 3.8) is 0 Å². The predicted molar refractivity (Wildman–Crippen MR) is 90.2 cm³/mol. The lowest BCUT2D eigenvalue weighted by atomic mass is 10.1. The molecule has 0 saturated carbocycles. The van der Waals surface area contributed by atoms with Gasteiger partial charge in [0.25, 0.3) is 0 Å². The van der Waals surface area contributed by atoms with Crippen LogP contribution < -0.4 is 9.47 Å². The number of ether oxygens (including phenoxy) is 6. The molecule has 10 nitrogen and oxygen atoms in total. The van der Waals surface area contributed by atoms with Crippen LogP contribution in [0.5, 0.6) is 11.5 Å². The third-order valence-corrected chi connectivity index (χ3v) is 3.13. The van der Waals surface area contributed by atoms with E-state index in [2.05, 4.69) is 4.89 Å². The first kappa shape index (κ1) is 22.6. The molecule has 0 aliphatic rings. The summed E-state index contributed by atoms with van der Waals surface area (Å²) in [5, 5.41) is 17.8. The monoisotopic (exact) mass is 385 g/mol. The molecule has 27 heavy (non-hydrogen) atoms. The number of rotatable bonds is 14. The van der Waals surface area contributed by atoms with Gasteiger partial charge in [-0.05, 0) is 17.7 Å². The van der Waals surface area contributed by atoms with Gasteiger partial charge >= 0.3 is 5.97 Å². The Balaban J connectivity index is 2.90. The van der Waals surface area contributed by atoms with E-state index in [0.717, 1.165) is 0 Å². The summed E-state index contributed by atoms with van der Waals surface area (Å²) in [5.41, 5.74) is 0.519. The Morgan fingerprint density at radius 1 is 1.04 bits per heavy atom. The average molecular weight is 385 g/mol. The Morgan fingerprint density at radius 3 is 2.22 bits per heavy atom. The van der Waals surface area contributed by atoms with Gasteiger partial charge in [-0.15, -0.1) is 0 Å². The second-order valence-corrected chi connectivity index (χ2v) is 5.05. The molecule has 0 saturated heterocycles. The Bertz CT molecular complexity index is 615. The van der Waals surface area contributed by atoms with Gasteiger partial charge in [0, 0.05) is 14.2 Å². The Morgan fingerprint density at radius 2 is 1.67 bits per heavy atom. The average Bonchev–Trinajstić information content (AvgIpc) is 2.68. The van der Waals surface area contributed by atoms with E-state index >= 15 is 0 Å². The number of carbonyl (C=O) groups excluding carboxylic acids is 1. The fourth-order valence-corrected chi connectivity index (χ4v) is 1.91. The number of hydrogen-bond acceptors (Lipinski definition) is 10. The summed E-state index contributed by atoms with van der Waals surface area (Å²) in [5.74, 6) is -0.549. The van der Waals surface area contributed by atoms with Crippen molar-refractivity contribution in [2.75, 3.05) is 54.2 Å². The standard InChI is InChI=1S/C17H23NO9/c1-21-3-5-23-11-25-15-8-13(9-16(19)27-20)7-14(10-18)17(15)26-12-24-6-4-22-2/h7-8,20H,3-6,9,11-12H2,1-2H3. The van der Waals surface area contributed by atoms with Gasteiger partial charge in [0.2, 0.25) is 0 Å². The number of hydrogen-bond donors (Lipinski definition) is 1. The summed E-state index contributed by atoms with van der Waals surface area (Å²) < 4.78 is 31.2. The third-order valence-electron chi connectivity index (χ3n) is 3.13. The number of methoxy groups -OCH3 is 2. The van der Waals surface area contributed by atoms with Crippen molar-refractivity contribution in [1.29, 1.82) is 5.26 Å². The van der Waals surface area contributed by atoms with Gasteiger partial charge in [-0.3, -0.25) is 0 Å². The Labute approximate surface area is 157 Å². The first-order valence-electron chi connectivity index (χ1n) is 7.96. The fourth-order valence-electron chi connectivity index (χ4n) is 1.91. The molecular formula is C17H23NO9. The van der Waals surface area contributed by atoms with Crippen LogP contribution in [0.2, 0.25) is 0 Å². The molecule has 0 atom stereocenters. The van der Waals surface area contributed by atoms with Crippen LogP contribution >= 0.6 is 0 Å². The molecule has 1 aromatic carbocycles. The first-order valence-corrected chi connectivity index (χ1v) is 7.96. The zero-order valence-electron chi connectivity index (χ0n) is 15.3. The smallest absolute Gasteiger partial charge is 0.346 e. The van der Waals surface area contributed by atoms with Crippen LogP contribution in [0.15, 0.2) is 12.1 Å². The largest absolute Gasteiger partial charge is 0.464 e. The molecule has 0 amide bonds. The van der Waals surface area contributed by atoms with E-state index in [4.69, 9.17) is 33.7 Å². The summed E-state index contributed by atoms with van der Waals surface area (Å²) in [6.45, 7) is 1.17. The van der Waals surface area contributed by atoms with Crippen LogP contribution in [0.4, 0.5) is 0 Å². The van der Waals surface area contributed by atoms with E-state index < -0.39 is 5.97 Å². The summed E-state index contributed by atoms with van der Waals surface area (Å²) in [7, 11) is 3.09. The van der Waals surface area contributed by atoms with E-state index in [1.54, 1.807) is 14.2 Å². The van der Waals surface area contributed by atoms with Crippen molar-refractivity contribution < 1.29 is 43.4 Å². The number of carbonyl (C=O) groups is 1. The highest BCUT2D eigenvalue weighted by atomic mass is 17.1. The lowest BCUT2D eigenvalue weighted by Gasteiger charge is -2.15. The summed E-state index contributed by atoms with van der Waals surface area (Å²) in [6.07, 6.45) is -0.253. The Hall–Kier alpha value is -2.42. The van der Waals surface area contributed by atoms with Crippen molar-refractivity contribution >= 4 is 5.97 Å². The lowest BCUT2D eigenvalue weighted by molar-refractivity contribution is -0.233. The summed E-state index contributed by atoms with van der Waals surface area (Å²) in [4.78, 5) is 14.9. The zero-order chi connectivity index (χ0) is 19.9. The van der Waals surface area contributed by atoms with Crippen molar-refractivity contribution in [3.8, 4) is 17.6 Å². The minimum absolute atomic E-state index is 0.122. The van der Waals surface area contributed by atoms with Gasteiger partial charge in [-0.25, -0.2) is 4.79 Å². The highest BCUT2D eigenvalue weighted by Crippen LogP contribution is 2.33. The second kappa shape index (κ2) is 13.7. The first-order chi connectivity index (χ1) is 13.2. The molecule has 10 heteroatoms. The number of nitrogens with zero attached hydrogens (tertiary/aromatic N) is 1. The quantitative estimate of drug-likeness (QED) is 0.215. The molecule has 0 heterocycles. The van der Waals surface area contributed by atoms with E-state index in [0.29, 0.717) is 32.0 Å². The van der Waals surface area contributed by atoms with E-state index in [1.807, 2.05) is 6.07 Å². The molecule has 0 spiro atoms. The normalized spacial score (nSPS) is 10.3. The fraction of sp³-hybridized carbons (Fsp3) is 0.529. The Kier molecular flexibility index (Phi) is 11.5. The zero-order valence-corrected chi connectivity index (χ0v) is 15.3. The minimum Gasteiger partial charge on any atom is -0.464 e. The van der Waals surface area contributed by atoms with Crippen molar-refractivity contribution in [2.24, 2.45) is 0 Å². The van der Waals surface area contributed by atoms with Crippen LogP contribution in [0.1, 0.15) is 11.1 Å². The van der Waals surface area contributed by atoms with Gasteiger partial charge in [0.1, 0.15) is 6.07 Å². The SMILES string of the molecule is COCCOCOc1cc(CC(=O)OO)cc(C#N)c1OCOCCOC. The van der Waals surface area contributed by atoms with Crippen LogP contribution in [-0.2, 0) is 35.1 Å². The lowest BCUT2D eigenvalue weighted by Crippen LogP contribution is -2.12. The molecule has 0 aromatic heterocycles. The third kappa shape index (κ3) is 8.67. The molecule has 0 aliphatic carbocycles. The molecule has 150 valence electrons. The molecule has 1 aromatic rings. The molecule has 0 radical (unpaired) electrons. The maximum Gasteiger partial charge on any atom is 0.346 e. The topological polar surface area (TPSA) is 126 Å². The van der Waals surface area contributed by atoms with Gasteiger partial charge in [-0.2, -0.15) is 10.5 Å². The van der Waals surface area contributed by atoms with Gasteiger partial charge in [0.05, 0.1) is 38.4 Å². The number of benzene rings is 1. The van der Waals surface area contributed by atoms with Crippen molar-refractivity contribution in [1.82, 2.24) is 0 Å². The summed E-state index contributed by atoms with van der Waals surface area (Å²) >= 11 is 0. The maximum atomic E-state index is 11.3. The van der Waals surface area contributed by atoms with E-state index in [1.165, 1.54) is 12.1 Å². The van der Waals surface area contributed by atoms with Crippen LogP contribution in [0.3, 0.4) is 0 Å². The van der Waals surface area contributed by atoms with Crippen molar-refractivity contribution in [3.05, 3.63) is 23.3 Å². The second-order valence-electron chi connectivity index (χ2n) is 5.05.